The van der Waals surface area contributed by atoms with Gasteiger partial charge in [0, 0.05) is 12.2 Å². The number of hydrogen-bond acceptors (Lipinski definition) is 7. The number of amidine groups is 1. The molecule has 8 heteroatoms. The van der Waals surface area contributed by atoms with Gasteiger partial charge in [-0.1, -0.05) is 31.9 Å². The second kappa shape index (κ2) is 10.7. The first kappa shape index (κ1) is 22.5. The molecule has 7 nitrogen and oxygen atoms in total. The summed E-state index contributed by atoms with van der Waals surface area (Å²) in [5.41, 5.74) is 2.49. The number of benzene rings is 1. The maximum atomic E-state index is 10.0. The quantitative estimate of drug-likeness (QED) is 0.264. The molecule has 1 aromatic heterocycles. The highest BCUT2D eigenvalue weighted by molar-refractivity contribution is 7.11. The summed E-state index contributed by atoms with van der Waals surface area (Å²) in [4.78, 5) is 0. The molecule has 1 aliphatic rings. The van der Waals surface area contributed by atoms with Crippen LogP contribution in [0, 0.1) is 11.3 Å². The topological polar surface area (TPSA) is 121 Å². The van der Waals surface area contributed by atoms with Crippen molar-refractivity contribution < 1.29 is 15.3 Å². The van der Waals surface area contributed by atoms with Crippen LogP contribution >= 0.6 is 11.5 Å². The molecular weight excluding hydrogens is 400 g/mol. The third-order valence-corrected chi connectivity index (χ3v) is 6.59. The highest BCUT2D eigenvalue weighted by Crippen LogP contribution is 2.38. The number of nitrogens with zero attached hydrogens (tertiary/aromatic N) is 1. The van der Waals surface area contributed by atoms with Crippen molar-refractivity contribution in [2.45, 2.75) is 57.5 Å². The lowest BCUT2D eigenvalue weighted by Crippen LogP contribution is -2.34. The summed E-state index contributed by atoms with van der Waals surface area (Å²) in [6, 6.07) is 8.38. The van der Waals surface area contributed by atoms with Gasteiger partial charge in [-0.2, -0.15) is 4.37 Å². The molecule has 1 aromatic carbocycles. The van der Waals surface area contributed by atoms with Crippen LogP contribution in [-0.4, -0.2) is 44.8 Å². The number of hydrogen-bond donors (Lipinski definition) is 6. The van der Waals surface area contributed by atoms with E-state index in [-0.39, 0.29) is 23.8 Å². The van der Waals surface area contributed by atoms with E-state index in [9.17, 15) is 10.2 Å². The molecule has 30 heavy (non-hydrogen) atoms. The molecule has 0 amide bonds. The summed E-state index contributed by atoms with van der Waals surface area (Å²) in [6.07, 6.45) is 6.81. The molecule has 0 bridgehead atoms. The van der Waals surface area contributed by atoms with Crippen LogP contribution in [0.4, 0.5) is 10.7 Å². The molecule has 0 spiro atoms. The van der Waals surface area contributed by atoms with Crippen LogP contribution in [0.5, 0.6) is 5.88 Å². The van der Waals surface area contributed by atoms with Crippen molar-refractivity contribution in [1.29, 1.82) is 5.41 Å². The number of aromatic nitrogens is 1. The van der Waals surface area contributed by atoms with E-state index in [1.807, 2.05) is 12.1 Å². The Morgan fingerprint density at radius 2 is 1.93 bits per heavy atom. The minimum Gasteiger partial charge on any atom is -0.492 e. The summed E-state index contributed by atoms with van der Waals surface area (Å²) in [5, 5.41) is 43.0. The fraction of sp³-hybridized carbons (Fsp3) is 0.545. The predicted octanol–water partition coefficient (Wildman–Crippen LogP) is 3.93. The highest BCUT2D eigenvalue weighted by Gasteiger charge is 2.22. The van der Waals surface area contributed by atoms with Gasteiger partial charge in [0.2, 0.25) is 5.88 Å². The summed E-state index contributed by atoms with van der Waals surface area (Å²) in [7, 11) is 0. The lowest BCUT2D eigenvalue weighted by atomic mass is 9.77. The maximum Gasteiger partial charge on any atom is 0.236 e. The number of aliphatic hydroxyl groups excluding tert-OH is 2. The molecule has 1 saturated carbocycles. The van der Waals surface area contributed by atoms with E-state index in [1.165, 1.54) is 44.1 Å². The van der Waals surface area contributed by atoms with Gasteiger partial charge in [-0.25, -0.2) is 0 Å². The number of rotatable bonds is 9. The molecule has 0 saturated heterocycles. The zero-order valence-corrected chi connectivity index (χ0v) is 18.2. The first-order valence-corrected chi connectivity index (χ1v) is 11.5. The van der Waals surface area contributed by atoms with Gasteiger partial charge in [-0.05, 0) is 66.7 Å². The van der Waals surface area contributed by atoms with Crippen molar-refractivity contribution in [3.63, 3.8) is 0 Å². The van der Waals surface area contributed by atoms with Gasteiger partial charge in [0.15, 0.2) is 0 Å². The van der Waals surface area contributed by atoms with Crippen LogP contribution < -0.4 is 10.6 Å². The number of nitrogens with one attached hydrogen (secondary N) is 3. The normalized spacial score (nSPS) is 20.0. The minimum absolute atomic E-state index is 0.0132. The number of anilines is 2. The van der Waals surface area contributed by atoms with Gasteiger partial charge in [-0.3, -0.25) is 5.41 Å². The Morgan fingerprint density at radius 3 is 2.57 bits per heavy atom. The lowest BCUT2D eigenvalue weighted by molar-refractivity contribution is 0.0982. The maximum absolute atomic E-state index is 10.0. The standard InChI is InChI=1S/C22H32N4O3S/c1-2-3-14-4-6-15(7-5-14)16-8-10-17(11-9-16)25-22-19(21(29)26-30-22)20(23)24-12-18(28)13-27/h8-11,14-15,18,25,27-28H,2-7,12-13H2,1H3,(H2,23,24)(H,26,29)/t14-,15-,18-/m1/s1. The highest BCUT2D eigenvalue weighted by atomic mass is 32.1. The molecular formula is C22H32N4O3S. The van der Waals surface area contributed by atoms with E-state index in [0.717, 1.165) is 23.1 Å². The number of aromatic hydroxyl groups is 1. The van der Waals surface area contributed by atoms with Crippen molar-refractivity contribution in [3.8, 4) is 5.88 Å². The van der Waals surface area contributed by atoms with Crippen LogP contribution in [0.25, 0.3) is 0 Å². The molecule has 0 unspecified atom stereocenters. The summed E-state index contributed by atoms with van der Waals surface area (Å²) < 4.78 is 3.94. The van der Waals surface area contributed by atoms with Gasteiger partial charge >= 0.3 is 0 Å². The van der Waals surface area contributed by atoms with Gasteiger partial charge < -0.3 is 26.0 Å². The second-order valence-corrected chi connectivity index (χ2v) is 8.83. The minimum atomic E-state index is -0.972. The van der Waals surface area contributed by atoms with E-state index in [0.29, 0.717) is 10.9 Å². The monoisotopic (exact) mass is 432 g/mol. The zero-order valence-electron chi connectivity index (χ0n) is 17.4. The van der Waals surface area contributed by atoms with Crippen molar-refractivity contribution in [3.05, 3.63) is 35.4 Å². The SMILES string of the molecule is CCC[C@H]1CC[C@H](c2ccc(Nc3snc(O)c3C(=N)NC[C@@H](O)CO)cc2)CC1. The zero-order chi connectivity index (χ0) is 21.5. The summed E-state index contributed by atoms with van der Waals surface area (Å²) in [6.45, 7) is 1.88. The predicted molar refractivity (Wildman–Crippen MR) is 121 cm³/mol. The molecule has 1 aliphatic carbocycles. The fourth-order valence-corrected chi connectivity index (χ4v) is 4.84. The Bertz CT molecular complexity index is 816. The Kier molecular flexibility index (Phi) is 8.07. The van der Waals surface area contributed by atoms with E-state index in [1.54, 1.807) is 0 Å². The second-order valence-electron chi connectivity index (χ2n) is 8.06. The van der Waals surface area contributed by atoms with Crippen LogP contribution in [0.2, 0.25) is 0 Å². The van der Waals surface area contributed by atoms with Crippen molar-refractivity contribution in [2.24, 2.45) is 5.92 Å². The average Bonchev–Trinajstić information content (AvgIpc) is 3.13. The van der Waals surface area contributed by atoms with E-state index in [4.69, 9.17) is 10.5 Å². The van der Waals surface area contributed by atoms with E-state index < -0.39 is 12.7 Å². The van der Waals surface area contributed by atoms with Gasteiger partial charge in [0.25, 0.3) is 0 Å². The van der Waals surface area contributed by atoms with Crippen molar-refractivity contribution in [2.75, 3.05) is 18.5 Å². The molecule has 1 atom stereocenters. The third kappa shape index (κ3) is 5.71. The molecule has 164 valence electrons. The largest absolute Gasteiger partial charge is 0.492 e. The van der Waals surface area contributed by atoms with Crippen LogP contribution in [0.15, 0.2) is 24.3 Å². The van der Waals surface area contributed by atoms with Gasteiger partial charge in [0.1, 0.15) is 16.4 Å². The third-order valence-electron chi connectivity index (χ3n) is 5.83. The van der Waals surface area contributed by atoms with Crippen LogP contribution in [0.3, 0.4) is 0 Å². The lowest BCUT2D eigenvalue weighted by Gasteiger charge is -2.28. The molecule has 2 aromatic rings. The van der Waals surface area contributed by atoms with Crippen molar-refractivity contribution in [1.82, 2.24) is 9.69 Å². The summed E-state index contributed by atoms with van der Waals surface area (Å²) in [5.74, 6) is 1.23. The van der Waals surface area contributed by atoms with Crippen LogP contribution in [-0.2, 0) is 0 Å². The van der Waals surface area contributed by atoms with Gasteiger partial charge in [0.05, 0.1) is 12.7 Å². The fourth-order valence-electron chi connectivity index (χ4n) is 4.13. The van der Waals surface area contributed by atoms with E-state index in [2.05, 4.69) is 34.1 Å². The molecule has 1 fully saturated rings. The first-order chi connectivity index (χ1) is 14.5. The average molecular weight is 433 g/mol. The Labute approximate surface area is 181 Å². The Balaban J connectivity index is 1.62. The summed E-state index contributed by atoms with van der Waals surface area (Å²) >= 11 is 1.07. The Hall–Kier alpha value is -2.16. The molecule has 1 heterocycles. The number of aliphatic hydroxyl groups is 2. The molecule has 0 aliphatic heterocycles. The molecule has 3 rings (SSSR count). The van der Waals surface area contributed by atoms with Gasteiger partial charge in [-0.15, -0.1) is 0 Å². The van der Waals surface area contributed by atoms with Crippen molar-refractivity contribution >= 4 is 28.1 Å². The molecule has 0 radical (unpaired) electrons. The molecule has 6 N–H and O–H groups in total. The van der Waals surface area contributed by atoms with Crippen LogP contribution in [0.1, 0.15) is 62.5 Å². The first-order valence-electron chi connectivity index (χ1n) is 10.7. The van der Waals surface area contributed by atoms with E-state index >= 15 is 0 Å². The smallest absolute Gasteiger partial charge is 0.236 e. The Morgan fingerprint density at radius 1 is 1.23 bits per heavy atom.